The number of rotatable bonds is 2. The van der Waals surface area contributed by atoms with E-state index in [1.54, 1.807) is 6.07 Å². The van der Waals surface area contributed by atoms with E-state index in [9.17, 15) is 9.18 Å². The number of anilines is 1. The Morgan fingerprint density at radius 2 is 1.83 bits per heavy atom. The van der Waals surface area contributed by atoms with Crippen LogP contribution < -0.4 is 15.5 Å². The summed E-state index contributed by atoms with van der Waals surface area (Å²) in [5.41, 5.74) is -0.0656. The van der Waals surface area contributed by atoms with Gasteiger partial charge in [0.25, 0.3) is 0 Å². The van der Waals surface area contributed by atoms with Crippen molar-refractivity contribution in [3.05, 3.63) is 17.4 Å². The largest absolute Gasteiger partial charge is 0.498 e. The number of benzene rings is 1. The predicted octanol–water partition coefficient (Wildman–Crippen LogP) is 2.02. The maximum Gasteiger partial charge on any atom is 0.498 e. The number of halogens is 1. The van der Waals surface area contributed by atoms with Crippen molar-refractivity contribution >= 4 is 24.2 Å². The maximum absolute atomic E-state index is 15.0. The zero-order valence-corrected chi connectivity index (χ0v) is 14.1. The molecular formula is C16H21BFNO4. The van der Waals surface area contributed by atoms with Crippen molar-refractivity contribution in [3.8, 4) is 5.75 Å². The van der Waals surface area contributed by atoms with E-state index < -0.39 is 24.1 Å². The van der Waals surface area contributed by atoms with Crippen LogP contribution in [0.5, 0.6) is 5.75 Å². The van der Waals surface area contributed by atoms with Crippen LogP contribution in [0.2, 0.25) is 0 Å². The molecule has 0 saturated carbocycles. The second-order valence-electron chi connectivity index (χ2n) is 6.97. The summed E-state index contributed by atoms with van der Waals surface area (Å²) < 4.78 is 32.2. The third-order valence-corrected chi connectivity index (χ3v) is 4.95. The minimum Gasteiger partial charge on any atom is -0.496 e. The minimum atomic E-state index is -0.849. The van der Waals surface area contributed by atoms with Crippen molar-refractivity contribution in [2.24, 2.45) is 0 Å². The molecule has 23 heavy (non-hydrogen) atoms. The lowest BCUT2D eigenvalue weighted by Crippen LogP contribution is -2.41. The second kappa shape index (κ2) is 5.21. The molecule has 1 aromatic carbocycles. The Bertz CT molecular complexity index is 659. The summed E-state index contributed by atoms with van der Waals surface area (Å²) in [4.78, 5) is 11.6. The lowest BCUT2D eigenvalue weighted by atomic mass is 9.77. The van der Waals surface area contributed by atoms with Crippen LogP contribution in [0.15, 0.2) is 6.07 Å². The summed E-state index contributed by atoms with van der Waals surface area (Å²) >= 11 is 0. The fraction of sp³-hybridized carbons (Fsp3) is 0.562. The van der Waals surface area contributed by atoms with Gasteiger partial charge in [0.2, 0.25) is 5.91 Å². The van der Waals surface area contributed by atoms with E-state index in [1.165, 1.54) is 7.11 Å². The maximum atomic E-state index is 15.0. The van der Waals surface area contributed by atoms with Crippen LogP contribution >= 0.6 is 0 Å². The molecule has 1 saturated heterocycles. The van der Waals surface area contributed by atoms with Crippen molar-refractivity contribution in [2.45, 2.75) is 51.7 Å². The monoisotopic (exact) mass is 321 g/mol. The molecule has 0 unspecified atom stereocenters. The Morgan fingerprint density at radius 1 is 1.22 bits per heavy atom. The van der Waals surface area contributed by atoms with Crippen LogP contribution in [-0.2, 0) is 20.5 Å². The van der Waals surface area contributed by atoms with Gasteiger partial charge in [-0.05, 0) is 40.2 Å². The molecule has 1 aromatic rings. The predicted molar refractivity (Wildman–Crippen MR) is 85.6 cm³/mol. The molecule has 124 valence electrons. The number of fused-ring (bicyclic) bond motifs is 1. The smallest absolute Gasteiger partial charge is 0.496 e. The van der Waals surface area contributed by atoms with E-state index in [2.05, 4.69) is 5.32 Å². The lowest BCUT2D eigenvalue weighted by Gasteiger charge is -2.32. The first-order valence-corrected chi connectivity index (χ1v) is 7.71. The molecule has 0 atom stereocenters. The van der Waals surface area contributed by atoms with Crippen molar-refractivity contribution in [3.63, 3.8) is 0 Å². The highest BCUT2D eigenvalue weighted by atomic mass is 19.1. The summed E-state index contributed by atoms with van der Waals surface area (Å²) in [6.07, 6.45) is 0.767. The van der Waals surface area contributed by atoms with Crippen molar-refractivity contribution in [1.82, 2.24) is 0 Å². The molecule has 5 nitrogen and oxygen atoms in total. The first-order valence-electron chi connectivity index (χ1n) is 7.71. The van der Waals surface area contributed by atoms with Crippen LogP contribution in [0.1, 0.15) is 39.7 Å². The summed E-state index contributed by atoms with van der Waals surface area (Å²) in [6.45, 7) is 7.62. The summed E-state index contributed by atoms with van der Waals surface area (Å²) in [6, 6.07) is 1.60. The van der Waals surface area contributed by atoms with Gasteiger partial charge in [-0.25, -0.2) is 4.39 Å². The van der Waals surface area contributed by atoms with E-state index in [-0.39, 0.29) is 17.1 Å². The molecule has 2 heterocycles. The van der Waals surface area contributed by atoms with Crippen LogP contribution in [0, 0.1) is 5.82 Å². The van der Waals surface area contributed by atoms with Crippen molar-refractivity contribution in [2.75, 3.05) is 12.4 Å². The number of ether oxygens (including phenoxy) is 1. The third kappa shape index (κ3) is 2.52. The molecule has 0 aliphatic carbocycles. The highest BCUT2D eigenvalue weighted by Gasteiger charge is 2.53. The Kier molecular flexibility index (Phi) is 3.68. The average molecular weight is 321 g/mol. The fourth-order valence-corrected chi connectivity index (χ4v) is 2.83. The normalized spacial score (nSPS) is 21.8. The Hall–Kier alpha value is -1.60. The van der Waals surface area contributed by atoms with Gasteiger partial charge in [0.05, 0.1) is 24.0 Å². The molecule has 2 aliphatic heterocycles. The highest BCUT2D eigenvalue weighted by molar-refractivity contribution is 6.62. The molecule has 3 rings (SSSR count). The van der Waals surface area contributed by atoms with Gasteiger partial charge in [0, 0.05) is 17.4 Å². The number of hydrogen-bond acceptors (Lipinski definition) is 4. The van der Waals surface area contributed by atoms with E-state index in [1.807, 2.05) is 27.7 Å². The van der Waals surface area contributed by atoms with Crippen LogP contribution in [-0.4, -0.2) is 31.3 Å². The van der Waals surface area contributed by atoms with E-state index in [0.717, 1.165) is 0 Å². The second-order valence-corrected chi connectivity index (χ2v) is 6.97. The summed E-state index contributed by atoms with van der Waals surface area (Å²) in [5, 5.41) is 2.60. The molecule has 1 N–H and O–H groups in total. The number of methoxy groups -OCH3 is 1. The highest BCUT2D eigenvalue weighted by Crippen LogP contribution is 2.39. The molecule has 2 aliphatic rings. The molecule has 0 radical (unpaired) electrons. The number of carbonyl (C=O) groups excluding carboxylic acids is 1. The molecule has 1 amide bonds. The molecule has 0 aromatic heterocycles. The van der Waals surface area contributed by atoms with Crippen molar-refractivity contribution < 1.29 is 23.2 Å². The van der Waals surface area contributed by atoms with Crippen molar-refractivity contribution in [1.29, 1.82) is 0 Å². The number of nitrogens with one attached hydrogen (secondary N) is 1. The Labute approximate surface area is 135 Å². The van der Waals surface area contributed by atoms with Gasteiger partial charge < -0.3 is 19.4 Å². The summed E-state index contributed by atoms with van der Waals surface area (Å²) in [5.74, 6) is -0.192. The van der Waals surface area contributed by atoms with Crippen LogP contribution in [0.3, 0.4) is 0 Å². The van der Waals surface area contributed by atoms with Crippen LogP contribution in [0.4, 0.5) is 10.1 Å². The van der Waals surface area contributed by atoms with Gasteiger partial charge in [0.1, 0.15) is 11.6 Å². The van der Waals surface area contributed by atoms with E-state index >= 15 is 0 Å². The fourth-order valence-electron chi connectivity index (χ4n) is 2.83. The zero-order valence-electron chi connectivity index (χ0n) is 14.1. The SMILES string of the molecule is COc1cc(B2OC(C)(C)C(C)(C)O2)c(F)c2c1CCC(=O)N2. The minimum absolute atomic E-state index is 0.172. The zero-order chi connectivity index (χ0) is 17.0. The Balaban J connectivity index is 2.08. The summed E-state index contributed by atoms with van der Waals surface area (Å²) in [7, 11) is 0.677. The number of carbonyl (C=O) groups is 1. The number of hydrogen-bond donors (Lipinski definition) is 1. The van der Waals surface area contributed by atoms with E-state index in [0.29, 0.717) is 24.2 Å². The third-order valence-electron chi connectivity index (χ3n) is 4.95. The average Bonchev–Trinajstić information content (AvgIpc) is 2.68. The molecule has 0 bridgehead atoms. The van der Waals surface area contributed by atoms with Gasteiger partial charge in [-0.3, -0.25) is 4.79 Å². The molecule has 1 fully saturated rings. The van der Waals surface area contributed by atoms with Gasteiger partial charge in [0.15, 0.2) is 0 Å². The van der Waals surface area contributed by atoms with E-state index in [4.69, 9.17) is 14.0 Å². The van der Waals surface area contributed by atoms with Gasteiger partial charge in [-0.2, -0.15) is 0 Å². The van der Waals surface area contributed by atoms with Gasteiger partial charge >= 0.3 is 7.12 Å². The molecular weight excluding hydrogens is 300 g/mol. The molecule has 0 spiro atoms. The topological polar surface area (TPSA) is 56.8 Å². The Morgan fingerprint density at radius 3 is 2.39 bits per heavy atom. The molecule has 7 heteroatoms. The first-order chi connectivity index (χ1) is 10.7. The van der Waals surface area contributed by atoms with Gasteiger partial charge in [-0.15, -0.1) is 0 Å². The first kappa shape index (κ1) is 16.3. The lowest BCUT2D eigenvalue weighted by molar-refractivity contribution is -0.116. The van der Waals surface area contributed by atoms with Crippen LogP contribution in [0.25, 0.3) is 0 Å². The van der Waals surface area contributed by atoms with Gasteiger partial charge in [-0.1, -0.05) is 0 Å². The number of amides is 1. The quantitative estimate of drug-likeness (QED) is 0.847. The standard InChI is InChI=1S/C16H21BFNO4/c1-15(2)16(3,4)23-17(22-15)10-8-11(21-5)9-6-7-12(20)19-14(9)13(10)18/h8H,6-7H2,1-5H3,(H,19,20).